The van der Waals surface area contributed by atoms with Gasteiger partial charge >= 0.3 is 0 Å². The van der Waals surface area contributed by atoms with Gasteiger partial charge in [0.05, 0.1) is 23.1 Å². The molecule has 3 aromatic rings. The number of allylic oxidation sites excluding steroid dienone is 1. The Morgan fingerprint density at radius 2 is 2.03 bits per heavy atom. The summed E-state index contributed by atoms with van der Waals surface area (Å²) in [7, 11) is 0. The van der Waals surface area contributed by atoms with Gasteiger partial charge in [0.25, 0.3) is 0 Å². The number of hydrogen-bond acceptors (Lipinski definition) is 5. The first kappa shape index (κ1) is 25.0. The van der Waals surface area contributed by atoms with E-state index in [0.717, 1.165) is 17.8 Å². The van der Waals surface area contributed by atoms with Gasteiger partial charge in [-0.15, -0.1) is 16.8 Å². The molecule has 0 aliphatic rings. The van der Waals surface area contributed by atoms with Gasteiger partial charge < -0.3 is 14.6 Å². The highest BCUT2D eigenvalue weighted by Crippen LogP contribution is 2.27. The number of anilines is 1. The summed E-state index contributed by atoms with van der Waals surface area (Å²) in [4.78, 5) is 12.2. The molecule has 0 aliphatic heterocycles. The molecule has 0 unspecified atom stereocenters. The standard InChI is InChI=1S/C22H20Cl2F2N4O2S/c1-2-9-30-20(4-3-10-32-19-8-5-14(23)11-16(19)24)28-29-22(30)33-13-21(31)27-18-7-6-15(25)12-17(18)26/h2,5-8,11-12H,1,3-4,9-10,13H2,(H,27,31). The van der Waals surface area contributed by atoms with Gasteiger partial charge in [-0.3, -0.25) is 4.79 Å². The fraction of sp³-hybridized carbons (Fsp3) is 0.227. The Balaban J connectivity index is 1.53. The van der Waals surface area contributed by atoms with E-state index in [9.17, 15) is 13.6 Å². The van der Waals surface area contributed by atoms with Crippen molar-refractivity contribution in [3.05, 3.63) is 76.6 Å². The number of aryl methyl sites for hydroxylation is 1. The molecule has 1 N–H and O–H groups in total. The summed E-state index contributed by atoms with van der Waals surface area (Å²) in [6.45, 7) is 4.63. The molecule has 2 aromatic carbocycles. The number of hydrogen-bond donors (Lipinski definition) is 1. The number of carbonyl (C=O) groups is 1. The van der Waals surface area contributed by atoms with Crippen LogP contribution in [0.1, 0.15) is 12.2 Å². The number of benzene rings is 2. The number of nitrogens with zero attached hydrogens (tertiary/aromatic N) is 3. The normalized spacial score (nSPS) is 10.8. The van der Waals surface area contributed by atoms with Crippen molar-refractivity contribution in [3.63, 3.8) is 0 Å². The molecule has 11 heteroatoms. The van der Waals surface area contributed by atoms with E-state index < -0.39 is 17.5 Å². The maximum atomic E-state index is 13.7. The van der Waals surface area contributed by atoms with E-state index in [-0.39, 0.29) is 11.4 Å². The zero-order chi connectivity index (χ0) is 23.8. The molecule has 33 heavy (non-hydrogen) atoms. The molecule has 0 atom stereocenters. The van der Waals surface area contributed by atoms with Crippen LogP contribution in [-0.4, -0.2) is 33.0 Å². The van der Waals surface area contributed by atoms with Gasteiger partial charge in [-0.05, 0) is 36.8 Å². The van der Waals surface area contributed by atoms with Crippen LogP contribution < -0.4 is 10.1 Å². The summed E-state index contributed by atoms with van der Waals surface area (Å²) in [5.74, 6) is -0.765. The molecule has 0 aliphatic carbocycles. The number of halogens is 4. The summed E-state index contributed by atoms with van der Waals surface area (Å²) < 4.78 is 34.3. The van der Waals surface area contributed by atoms with Crippen molar-refractivity contribution in [1.29, 1.82) is 0 Å². The summed E-state index contributed by atoms with van der Waals surface area (Å²) in [6, 6.07) is 7.98. The Morgan fingerprint density at radius 1 is 1.21 bits per heavy atom. The van der Waals surface area contributed by atoms with Crippen molar-refractivity contribution in [2.75, 3.05) is 17.7 Å². The predicted octanol–water partition coefficient (Wildman–Crippen LogP) is 5.79. The van der Waals surface area contributed by atoms with Crippen molar-refractivity contribution in [3.8, 4) is 5.75 Å². The summed E-state index contributed by atoms with van der Waals surface area (Å²) >= 11 is 13.1. The number of thioether (sulfide) groups is 1. The fourth-order valence-electron chi connectivity index (χ4n) is 2.84. The van der Waals surface area contributed by atoms with Crippen LogP contribution >= 0.6 is 35.0 Å². The molecule has 0 fully saturated rings. The Hall–Kier alpha value is -2.62. The third-order valence-corrected chi connectivity index (χ3v) is 5.84. The predicted molar refractivity (Wildman–Crippen MR) is 126 cm³/mol. The lowest BCUT2D eigenvalue weighted by molar-refractivity contribution is -0.113. The lowest BCUT2D eigenvalue weighted by Crippen LogP contribution is -2.16. The lowest BCUT2D eigenvalue weighted by atomic mass is 10.3. The van der Waals surface area contributed by atoms with Gasteiger partial charge in [0.15, 0.2) is 5.16 Å². The highest BCUT2D eigenvalue weighted by molar-refractivity contribution is 7.99. The number of ether oxygens (including phenoxy) is 1. The molecule has 1 aromatic heterocycles. The fourth-order valence-corrected chi connectivity index (χ4v) is 4.06. The van der Waals surface area contributed by atoms with Crippen molar-refractivity contribution in [2.45, 2.75) is 24.5 Å². The van der Waals surface area contributed by atoms with E-state index in [4.69, 9.17) is 27.9 Å². The molecular weight excluding hydrogens is 493 g/mol. The highest BCUT2D eigenvalue weighted by atomic mass is 35.5. The van der Waals surface area contributed by atoms with Crippen molar-refractivity contribution >= 4 is 46.6 Å². The van der Waals surface area contributed by atoms with Gasteiger partial charge in [0.1, 0.15) is 23.2 Å². The number of amides is 1. The Morgan fingerprint density at radius 3 is 2.76 bits per heavy atom. The van der Waals surface area contributed by atoms with Crippen LogP contribution in [0.4, 0.5) is 14.5 Å². The third kappa shape index (κ3) is 7.18. The zero-order valence-corrected chi connectivity index (χ0v) is 19.7. The Labute approximate surface area is 203 Å². The average Bonchev–Trinajstić information content (AvgIpc) is 3.15. The molecule has 0 bridgehead atoms. The first-order chi connectivity index (χ1) is 15.9. The summed E-state index contributed by atoms with van der Waals surface area (Å²) in [6.07, 6.45) is 2.94. The topological polar surface area (TPSA) is 69.0 Å². The van der Waals surface area contributed by atoms with Crippen LogP contribution in [0.2, 0.25) is 10.0 Å². The van der Waals surface area contributed by atoms with E-state index >= 15 is 0 Å². The lowest BCUT2D eigenvalue weighted by Gasteiger charge is -2.10. The molecule has 3 rings (SSSR count). The molecule has 0 saturated carbocycles. The molecule has 1 heterocycles. The van der Waals surface area contributed by atoms with Gasteiger partial charge in [-0.2, -0.15) is 0 Å². The van der Waals surface area contributed by atoms with Crippen LogP contribution in [0.3, 0.4) is 0 Å². The van der Waals surface area contributed by atoms with E-state index in [0.29, 0.717) is 58.8 Å². The second-order valence-electron chi connectivity index (χ2n) is 6.79. The second kappa shape index (κ2) is 12.0. The number of rotatable bonds is 11. The quantitative estimate of drug-likeness (QED) is 0.200. The molecule has 174 valence electrons. The van der Waals surface area contributed by atoms with Gasteiger partial charge in [-0.1, -0.05) is 41.0 Å². The minimum atomic E-state index is -0.840. The van der Waals surface area contributed by atoms with Crippen LogP contribution in [0.5, 0.6) is 5.75 Å². The maximum Gasteiger partial charge on any atom is 0.234 e. The smallest absolute Gasteiger partial charge is 0.234 e. The van der Waals surface area contributed by atoms with Crippen molar-refractivity contribution in [2.24, 2.45) is 0 Å². The average molecular weight is 513 g/mol. The van der Waals surface area contributed by atoms with E-state index in [1.165, 1.54) is 6.07 Å². The molecule has 0 radical (unpaired) electrons. The molecular formula is C22H20Cl2F2N4O2S. The van der Waals surface area contributed by atoms with E-state index in [1.807, 2.05) is 4.57 Å². The second-order valence-corrected chi connectivity index (χ2v) is 8.57. The first-order valence-electron chi connectivity index (χ1n) is 9.86. The number of aromatic nitrogens is 3. The molecule has 6 nitrogen and oxygen atoms in total. The van der Waals surface area contributed by atoms with Gasteiger partial charge in [0.2, 0.25) is 5.91 Å². The number of carbonyl (C=O) groups excluding carboxylic acids is 1. The van der Waals surface area contributed by atoms with E-state index in [1.54, 1.807) is 24.3 Å². The van der Waals surface area contributed by atoms with Crippen LogP contribution in [-0.2, 0) is 17.8 Å². The minimum Gasteiger partial charge on any atom is -0.492 e. The van der Waals surface area contributed by atoms with Crippen LogP contribution in [0, 0.1) is 11.6 Å². The van der Waals surface area contributed by atoms with Crippen molar-refractivity contribution < 1.29 is 18.3 Å². The maximum absolute atomic E-state index is 13.7. The Bertz CT molecular complexity index is 1140. The monoisotopic (exact) mass is 512 g/mol. The minimum absolute atomic E-state index is 0.0235. The van der Waals surface area contributed by atoms with Crippen LogP contribution in [0.15, 0.2) is 54.2 Å². The third-order valence-electron chi connectivity index (χ3n) is 4.34. The SMILES string of the molecule is C=CCn1c(CCCOc2ccc(Cl)cc2Cl)nnc1SCC(=O)Nc1ccc(F)cc1F. The van der Waals surface area contributed by atoms with Crippen LogP contribution in [0.25, 0.3) is 0 Å². The summed E-state index contributed by atoms with van der Waals surface area (Å²) in [5, 5.41) is 12.3. The molecule has 0 spiro atoms. The summed E-state index contributed by atoms with van der Waals surface area (Å²) in [5.41, 5.74) is -0.0870. The van der Waals surface area contributed by atoms with Crippen molar-refractivity contribution in [1.82, 2.24) is 14.8 Å². The molecule has 1 amide bonds. The Kier molecular flexibility index (Phi) is 9.11. The largest absolute Gasteiger partial charge is 0.492 e. The van der Waals surface area contributed by atoms with E-state index in [2.05, 4.69) is 22.1 Å². The van der Waals surface area contributed by atoms with Gasteiger partial charge in [0, 0.05) is 24.1 Å². The highest BCUT2D eigenvalue weighted by Gasteiger charge is 2.15. The van der Waals surface area contributed by atoms with Gasteiger partial charge in [-0.25, -0.2) is 8.78 Å². The zero-order valence-electron chi connectivity index (χ0n) is 17.4. The number of nitrogens with one attached hydrogen (secondary N) is 1. The molecule has 0 saturated heterocycles. The first-order valence-corrected chi connectivity index (χ1v) is 11.6.